The maximum absolute atomic E-state index is 9.61. The predicted molar refractivity (Wildman–Crippen MR) is 83.3 cm³/mol. The highest BCUT2D eigenvalue weighted by atomic mass is 16.3. The normalized spacial score (nSPS) is 12.6. The van der Waals surface area contributed by atoms with Gasteiger partial charge in [0.05, 0.1) is 6.61 Å². The molecule has 0 aliphatic rings. The van der Waals surface area contributed by atoms with Crippen molar-refractivity contribution in [2.24, 2.45) is 0 Å². The first-order valence-electron chi connectivity index (χ1n) is 7.26. The summed E-state index contributed by atoms with van der Waals surface area (Å²) in [4.78, 5) is 2.35. The zero-order valence-corrected chi connectivity index (χ0v) is 12.1. The highest BCUT2D eigenvalue weighted by Gasteiger charge is 2.16. The standard InChI is InChI=1S/C18H23NO/c1-2-18(15-20)19(13-16-9-5-3-6-10-16)14-17-11-7-4-8-12-17/h3-12,18,20H,2,13-15H2,1H3/t18-/m1/s1. The zero-order chi connectivity index (χ0) is 14.2. The van der Waals surface area contributed by atoms with E-state index >= 15 is 0 Å². The molecule has 0 saturated heterocycles. The smallest absolute Gasteiger partial charge is 0.0587 e. The first-order chi connectivity index (χ1) is 9.83. The Kier molecular flexibility index (Phi) is 5.78. The second kappa shape index (κ2) is 7.83. The predicted octanol–water partition coefficient (Wildman–Crippen LogP) is 3.46. The largest absolute Gasteiger partial charge is 0.395 e. The van der Waals surface area contributed by atoms with Gasteiger partial charge in [0.1, 0.15) is 0 Å². The van der Waals surface area contributed by atoms with Gasteiger partial charge in [-0.1, -0.05) is 67.6 Å². The van der Waals surface area contributed by atoms with Crippen LogP contribution in [0.5, 0.6) is 0 Å². The minimum atomic E-state index is 0.204. The molecule has 2 aromatic rings. The summed E-state index contributed by atoms with van der Waals surface area (Å²) < 4.78 is 0. The van der Waals surface area contributed by atoms with E-state index in [4.69, 9.17) is 0 Å². The van der Waals surface area contributed by atoms with Crippen LogP contribution in [0.3, 0.4) is 0 Å². The van der Waals surface area contributed by atoms with Crippen LogP contribution in [0.2, 0.25) is 0 Å². The van der Waals surface area contributed by atoms with Crippen molar-refractivity contribution < 1.29 is 5.11 Å². The highest BCUT2D eigenvalue weighted by Crippen LogP contribution is 2.15. The summed E-state index contributed by atoms with van der Waals surface area (Å²) in [7, 11) is 0. The van der Waals surface area contributed by atoms with E-state index in [1.807, 2.05) is 12.1 Å². The number of aliphatic hydroxyl groups excluding tert-OH is 1. The molecule has 1 atom stereocenters. The maximum atomic E-state index is 9.61. The third-order valence-corrected chi connectivity index (χ3v) is 3.66. The van der Waals surface area contributed by atoms with E-state index in [0.29, 0.717) is 0 Å². The van der Waals surface area contributed by atoms with Gasteiger partial charge in [0, 0.05) is 19.1 Å². The summed E-state index contributed by atoms with van der Waals surface area (Å²) in [6, 6.07) is 21.1. The Labute approximate surface area is 121 Å². The topological polar surface area (TPSA) is 23.5 Å². The molecule has 0 spiro atoms. The Hall–Kier alpha value is -1.64. The number of benzene rings is 2. The molecule has 0 radical (unpaired) electrons. The number of nitrogens with zero attached hydrogens (tertiary/aromatic N) is 1. The van der Waals surface area contributed by atoms with E-state index in [1.165, 1.54) is 11.1 Å². The number of rotatable bonds is 7. The van der Waals surface area contributed by atoms with Gasteiger partial charge in [-0.25, -0.2) is 0 Å². The van der Waals surface area contributed by atoms with Crippen molar-refractivity contribution in [1.29, 1.82) is 0 Å². The molecular formula is C18H23NO. The minimum Gasteiger partial charge on any atom is -0.395 e. The molecule has 2 aromatic carbocycles. The Morgan fingerprint density at radius 1 is 0.850 bits per heavy atom. The average molecular weight is 269 g/mol. The van der Waals surface area contributed by atoms with Crippen LogP contribution in [0.1, 0.15) is 24.5 Å². The second-order valence-corrected chi connectivity index (χ2v) is 5.12. The van der Waals surface area contributed by atoms with Crippen LogP contribution in [-0.4, -0.2) is 22.7 Å². The quantitative estimate of drug-likeness (QED) is 0.832. The SMILES string of the molecule is CC[C@H](CO)N(Cc1ccccc1)Cc1ccccc1. The molecule has 106 valence electrons. The lowest BCUT2D eigenvalue weighted by Crippen LogP contribution is -2.36. The van der Waals surface area contributed by atoms with Gasteiger partial charge in [-0.2, -0.15) is 0 Å². The van der Waals surface area contributed by atoms with Crippen molar-refractivity contribution in [3.05, 3.63) is 71.8 Å². The number of hydrogen-bond acceptors (Lipinski definition) is 2. The molecule has 2 heteroatoms. The molecule has 0 unspecified atom stereocenters. The summed E-state index contributed by atoms with van der Waals surface area (Å²) >= 11 is 0. The molecule has 0 aliphatic heterocycles. The van der Waals surface area contributed by atoms with Gasteiger partial charge in [0.15, 0.2) is 0 Å². The first-order valence-corrected chi connectivity index (χ1v) is 7.26. The molecule has 2 rings (SSSR count). The third-order valence-electron chi connectivity index (χ3n) is 3.66. The molecule has 2 nitrogen and oxygen atoms in total. The maximum Gasteiger partial charge on any atom is 0.0587 e. The van der Waals surface area contributed by atoms with Crippen molar-refractivity contribution in [3.63, 3.8) is 0 Å². The van der Waals surface area contributed by atoms with Crippen LogP contribution in [-0.2, 0) is 13.1 Å². The Bertz CT molecular complexity index is 438. The van der Waals surface area contributed by atoms with E-state index in [0.717, 1.165) is 19.5 Å². The van der Waals surface area contributed by atoms with Crippen molar-refractivity contribution in [1.82, 2.24) is 4.90 Å². The molecule has 0 saturated carbocycles. The van der Waals surface area contributed by atoms with Crippen LogP contribution < -0.4 is 0 Å². The number of aliphatic hydroxyl groups is 1. The molecule has 1 N–H and O–H groups in total. The minimum absolute atomic E-state index is 0.204. The van der Waals surface area contributed by atoms with Gasteiger partial charge in [-0.15, -0.1) is 0 Å². The average Bonchev–Trinajstić information content (AvgIpc) is 2.50. The summed E-state index contributed by atoms with van der Waals surface area (Å²) in [6.07, 6.45) is 0.955. The van der Waals surface area contributed by atoms with E-state index in [-0.39, 0.29) is 12.6 Å². The third kappa shape index (κ3) is 4.19. The highest BCUT2D eigenvalue weighted by molar-refractivity contribution is 5.17. The fourth-order valence-electron chi connectivity index (χ4n) is 2.45. The van der Waals surface area contributed by atoms with Gasteiger partial charge in [0.25, 0.3) is 0 Å². The Balaban J connectivity index is 2.12. The van der Waals surface area contributed by atoms with Crippen LogP contribution in [0.15, 0.2) is 60.7 Å². The summed E-state index contributed by atoms with van der Waals surface area (Å²) in [5.74, 6) is 0. The molecule has 0 heterocycles. The Morgan fingerprint density at radius 2 is 1.30 bits per heavy atom. The van der Waals surface area contributed by atoms with E-state index < -0.39 is 0 Å². The molecule has 0 aliphatic carbocycles. The van der Waals surface area contributed by atoms with E-state index in [2.05, 4.69) is 60.4 Å². The molecule has 0 aromatic heterocycles. The van der Waals surface area contributed by atoms with Gasteiger partial charge in [-0.3, -0.25) is 4.90 Å². The van der Waals surface area contributed by atoms with Crippen LogP contribution in [0.25, 0.3) is 0 Å². The summed E-state index contributed by atoms with van der Waals surface area (Å²) in [5, 5.41) is 9.61. The molecule has 0 bridgehead atoms. The van der Waals surface area contributed by atoms with Gasteiger partial charge < -0.3 is 5.11 Å². The summed E-state index contributed by atoms with van der Waals surface area (Å²) in [5.41, 5.74) is 2.57. The molecule has 0 amide bonds. The zero-order valence-electron chi connectivity index (χ0n) is 12.1. The van der Waals surface area contributed by atoms with Gasteiger partial charge >= 0.3 is 0 Å². The van der Waals surface area contributed by atoms with Crippen LogP contribution in [0.4, 0.5) is 0 Å². The lowest BCUT2D eigenvalue weighted by molar-refractivity contribution is 0.107. The van der Waals surface area contributed by atoms with Crippen LogP contribution >= 0.6 is 0 Å². The molecular weight excluding hydrogens is 246 g/mol. The van der Waals surface area contributed by atoms with Crippen molar-refractivity contribution >= 4 is 0 Å². The lowest BCUT2D eigenvalue weighted by atomic mass is 10.1. The van der Waals surface area contributed by atoms with E-state index in [9.17, 15) is 5.11 Å². The molecule has 0 fully saturated rings. The van der Waals surface area contributed by atoms with Crippen molar-refractivity contribution in [2.45, 2.75) is 32.5 Å². The molecule has 20 heavy (non-hydrogen) atoms. The van der Waals surface area contributed by atoms with Crippen LogP contribution in [0, 0.1) is 0 Å². The Morgan fingerprint density at radius 3 is 1.65 bits per heavy atom. The van der Waals surface area contributed by atoms with Crippen molar-refractivity contribution in [3.8, 4) is 0 Å². The summed E-state index contributed by atoms with van der Waals surface area (Å²) in [6.45, 7) is 4.07. The monoisotopic (exact) mass is 269 g/mol. The van der Waals surface area contributed by atoms with Gasteiger partial charge in [0.2, 0.25) is 0 Å². The lowest BCUT2D eigenvalue weighted by Gasteiger charge is -2.30. The van der Waals surface area contributed by atoms with E-state index in [1.54, 1.807) is 0 Å². The fourth-order valence-corrected chi connectivity index (χ4v) is 2.45. The fraction of sp³-hybridized carbons (Fsp3) is 0.333. The second-order valence-electron chi connectivity index (χ2n) is 5.12. The van der Waals surface area contributed by atoms with Crippen molar-refractivity contribution in [2.75, 3.05) is 6.61 Å². The van der Waals surface area contributed by atoms with Gasteiger partial charge in [-0.05, 0) is 17.5 Å². The first kappa shape index (κ1) is 14.8. The number of hydrogen-bond donors (Lipinski definition) is 1.